The quantitative estimate of drug-likeness (QED) is 0.829. The molecule has 96 valence electrons. The molecule has 0 aliphatic heterocycles. The molecule has 0 bridgehead atoms. The molecule has 0 saturated heterocycles. The van der Waals surface area contributed by atoms with E-state index in [-0.39, 0.29) is 27.6 Å². The highest BCUT2D eigenvalue weighted by molar-refractivity contribution is 7.89. The van der Waals surface area contributed by atoms with Gasteiger partial charge in [-0.2, -0.15) is 0 Å². The van der Waals surface area contributed by atoms with Crippen LogP contribution in [0.4, 0.5) is 5.69 Å². The Morgan fingerprint density at radius 1 is 1.29 bits per heavy atom. The molecule has 0 radical (unpaired) electrons. The Kier molecular flexibility index (Phi) is 4.41. The van der Waals surface area contributed by atoms with E-state index in [0.29, 0.717) is 0 Å². The normalized spacial score (nSPS) is 13.9. The maximum atomic E-state index is 12.1. The summed E-state index contributed by atoms with van der Waals surface area (Å²) in [6.45, 7) is 5.67. The van der Waals surface area contributed by atoms with Gasteiger partial charge in [-0.15, -0.1) is 0 Å². The first-order valence-electron chi connectivity index (χ1n) is 5.32. The van der Waals surface area contributed by atoms with Gasteiger partial charge in [-0.3, -0.25) is 0 Å². The van der Waals surface area contributed by atoms with Gasteiger partial charge < -0.3 is 5.73 Å². The van der Waals surface area contributed by atoms with Crippen LogP contribution in [0.25, 0.3) is 0 Å². The van der Waals surface area contributed by atoms with Crippen LogP contribution < -0.4 is 10.5 Å². The summed E-state index contributed by atoms with van der Waals surface area (Å²) in [7, 11) is -3.67. The van der Waals surface area contributed by atoms with Crippen molar-refractivity contribution < 1.29 is 8.42 Å². The van der Waals surface area contributed by atoms with Crippen molar-refractivity contribution in [1.29, 1.82) is 0 Å². The number of rotatable bonds is 4. The van der Waals surface area contributed by atoms with E-state index in [1.54, 1.807) is 13.0 Å². The molecule has 1 unspecified atom stereocenters. The zero-order valence-corrected chi connectivity index (χ0v) is 11.6. The van der Waals surface area contributed by atoms with Crippen LogP contribution in [0.5, 0.6) is 0 Å². The Morgan fingerprint density at radius 3 is 2.35 bits per heavy atom. The van der Waals surface area contributed by atoms with Crippen molar-refractivity contribution in [3.8, 4) is 0 Å². The molecule has 1 aromatic rings. The molecule has 17 heavy (non-hydrogen) atoms. The molecule has 0 fully saturated rings. The van der Waals surface area contributed by atoms with E-state index >= 15 is 0 Å². The van der Waals surface area contributed by atoms with Crippen molar-refractivity contribution in [2.75, 3.05) is 5.73 Å². The van der Waals surface area contributed by atoms with Crippen LogP contribution in [-0.4, -0.2) is 14.5 Å². The molecule has 6 heteroatoms. The summed E-state index contributed by atoms with van der Waals surface area (Å²) in [6, 6.07) is 4.45. The number of nitrogens with one attached hydrogen (secondary N) is 1. The van der Waals surface area contributed by atoms with Gasteiger partial charge in [0.1, 0.15) is 4.90 Å². The Balaban J connectivity index is 3.14. The van der Waals surface area contributed by atoms with Gasteiger partial charge in [0.05, 0.1) is 10.7 Å². The number of hydrogen-bond donors (Lipinski definition) is 2. The topological polar surface area (TPSA) is 72.2 Å². The Hall–Kier alpha value is -0.780. The average Bonchev–Trinajstić information content (AvgIpc) is 2.15. The molecule has 4 nitrogen and oxygen atoms in total. The molecule has 0 spiro atoms. The maximum absolute atomic E-state index is 12.1. The second-order valence-corrected chi connectivity index (χ2v) is 6.37. The highest BCUT2D eigenvalue weighted by atomic mass is 35.5. The standard InChI is InChI=1S/C11H17ClN2O2S/c1-7(2)8(3)14-17(15,16)11-9(12)5-4-6-10(11)13/h4-8,14H,13H2,1-3H3. The molecule has 0 aliphatic rings. The van der Waals surface area contributed by atoms with Crippen LogP contribution >= 0.6 is 11.6 Å². The molecule has 0 heterocycles. The molecule has 3 N–H and O–H groups in total. The van der Waals surface area contributed by atoms with Gasteiger partial charge >= 0.3 is 0 Å². The minimum absolute atomic E-state index is 0.0471. The van der Waals surface area contributed by atoms with Crippen LogP contribution in [0.1, 0.15) is 20.8 Å². The van der Waals surface area contributed by atoms with Crippen LogP contribution in [0.2, 0.25) is 5.02 Å². The van der Waals surface area contributed by atoms with E-state index in [1.807, 2.05) is 13.8 Å². The van der Waals surface area contributed by atoms with Crippen molar-refractivity contribution >= 4 is 27.3 Å². The number of benzene rings is 1. The number of anilines is 1. The van der Waals surface area contributed by atoms with Gasteiger partial charge in [0.2, 0.25) is 10.0 Å². The molecule has 1 aromatic carbocycles. The van der Waals surface area contributed by atoms with Crippen molar-refractivity contribution in [2.24, 2.45) is 5.92 Å². The van der Waals surface area contributed by atoms with Crippen LogP contribution in [0.15, 0.2) is 23.1 Å². The predicted molar refractivity (Wildman–Crippen MR) is 70.5 cm³/mol. The van der Waals surface area contributed by atoms with E-state index in [0.717, 1.165) is 0 Å². The van der Waals surface area contributed by atoms with Gasteiger partial charge in [-0.05, 0) is 25.0 Å². The van der Waals surface area contributed by atoms with Crippen LogP contribution in [-0.2, 0) is 10.0 Å². The van der Waals surface area contributed by atoms with E-state index in [4.69, 9.17) is 17.3 Å². The second kappa shape index (κ2) is 5.25. The summed E-state index contributed by atoms with van der Waals surface area (Å²) in [5.74, 6) is 0.188. The fourth-order valence-electron chi connectivity index (χ4n) is 1.25. The van der Waals surface area contributed by atoms with Gasteiger partial charge in [0.25, 0.3) is 0 Å². The molecule has 0 saturated carbocycles. The predicted octanol–water partition coefficient (Wildman–Crippen LogP) is 2.25. The molecule has 1 rings (SSSR count). The summed E-state index contributed by atoms with van der Waals surface area (Å²) >= 11 is 5.88. The van der Waals surface area contributed by atoms with Gasteiger partial charge in [0.15, 0.2) is 0 Å². The first-order valence-corrected chi connectivity index (χ1v) is 7.18. The van der Waals surface area contributed by atoms with Crippen LogP contribution in [0.3, 0.4) is 0 Å². The van der Waals surface area contributed by atoms with Crippen molar-refractivity contribution in [1.82, 2.24) is 4.72 Å². The lowest BCUT2D eigenvalue weighted by Crippen LogP contribution is -2.36. The summed E-state index contributed by atoms with van der Waals surface area (Å²) in [5.41, 5.74) is 5.81. The molecular weight excluding hydrogens is 260 g/mol. The Labute approximate surface area is 107 Å². The SMILES string of the molecule is CC(C)C(C)NS(=O)(=O)c1c(N)cccc1Cl. The monoisotopic (exact) mass is 276 g/mol. The summed E-state index contributed by atoms with van der Waals surface area (Å²) < 4.78 is 26.8. The van der Waals surface area contributed by atoms with Crippen molar-refractivity contribution in [2.45, 2.75) is 31.7 Å². The van der Waals surface area contributed by atoms with E-state index in [9.17, 15) is 8.42 Å². The lowest BCUT2D eigenvalue weighted by atomic mass is 10.1. The third-order valence-electron chi connectivity index (χ3n) is 2.61. The van der Waals surface area contributed by atoms with Crippen molar-refractivity contribution in [3.05, 3.63) is 23.2 Å². The highest BCUT2D eigenvalue weighted by Crippen LogP contribution is 2.27. The second-order valence-electron chi connectivity index (χ2n) is 4.31. The Bertz CT molecular complexity index is 480. The highest BCUT2D eigenvalue weighted by Gasteiger charge is 2.23. The smallest absolute Gasteiger partial charge is 0.244 e. The molecule has 0 amide bonds. The fraction of sp³-hybridized carbons (Fsp3) is 0.455. The minimum atomic E-state index is -3.67. The zero-order valence-electron chi connectivity index (χ0n) is 10.1. The minimum Gasteiger partial charge on any atom is -0.398 e. The zero-order chi connectivity index (χ0) is 13.2. The van der Waals surface area contributed by atoms with E-state index < -0.39 is 10.0 Å². The van der Waals surface area contributed by atoms with Gasteiger partial charge in [0, 0.05) is 6.04 Å². The molecular formula is C11H17ClN2O2S. The number of nitrogens with two attached hydrogens (primary N) is 1. The summed E-state index contributed by atoms with van der Waals surface area (Å²) in [6.07, 6.45) is 0. The van der Waals surface area contributed by atoms with Crippen LogP contribution in [0, 0.1) is 5.92 Å². The average molecular weight is 277 g/mol. The molecule has 0 aromatic heterocycles. The number of halogens is 1. The molecule has 0 aliphatic carbocycles. The molecule has 1 atom stereocenters. The first-order chi connectivity index (χ1) is 7.75. The lowest BCUT2D eigenvalue weighted by Gasteiger charge is -2.18. The van der Waals surface area contributed by atoms with Gasteiger partial charge in [-0.1, -0.05) is 31.5 Å². The first kappa shape index (κ1) is 14.3. The van der Waals surface area contributed by atoms with E-state index in [1.165, 1.54) is 12.1 Å². The van der Waals surface area contributed by atoms with Gasteiger partial charge in [-0.25, -0.2) is 13.1 Å². The third kappa shape index (κ3) is 3.34. The summed E-state index contributed by atoms with van der Waals surface area (Å²) in [4.78, 5) is -0.0471. The fourth-order valence-corrected chi connectivity index (χ4v) is 3.32. The Morgan fingerprint density at radius 2 is 1.88 bits per heavy atom. The van der Waals surface area contributed by atoms with E-state index in [2.05, 4.69) is 4.72 Å². The number of nitrogen functional groups attached to an aromatic ring is 1. The number of sulfonamides is 1. The number of hydrogen-bond acceptors (Lipinski definition) is 3. The largest absolute Gasteiger partial charge is 0.398 e. The maximum Gasteiger partial charge on any atom is 0.244 e. The third-order valence-corrected chi connectivity index (χ3v) is 4.71. The summed E-state index contributed by atoms with van der Waals surface area (Å²) in [5, 5.41) is 0.133. The lowest BCUT2D eigenvalue weighted by molar-refractivity contribution is 0.477. The van der Waals surface area contributed by atoms with Crippen molar-refractivity contribution in [3.63, 3.8) is 0 Å².